The second-order valence-electron chi connectivity index (χ2n) is 3.34. The van der Waals surface area contributed by atoms with Crippen LogP contribution in [0.15, 0.2) is 9.27 Å². The topological polar surface area (TPSA) is 75.2 Å². The van der Waals surface area contributed by atoms with Gasteiger partial charge in [-0.15, -0.1) is 0 Å². The molecule has 0 fully saturated rings. The summed E-state index contributed by atoms with van der Waals surface area (Å²) < 4.78 is 5.29. The van der Waals surface area contributed by atoms with Crippen molar-refractivity contribution in [2.45, 2.75) is 25.9 Å². The van der Waals surface area contributed by atoms with Gasteiger partial charge in [0, 0.05) is 7.11 Å². The van der Waals surface area contributed by atoms with Gasteiger partial charge in [0.15, 0.2) is 0 Å². The zero-order valence-corrected chi connectivity index (χ0v) is 10.4. The van der Waals surface area contributed by atoms with Crippen LogP contribution in [0.1, 0.15) is 26.1 Å². The number of H-pyrrole nitrogens is 1. The second-order valence-corrected chi connectivity index (χ2v) is 4.13. The van der Waals surface area contributed by atoms with Gasteiger partial charge in [0.2, 0.25) is 5.88 Å². The Labute approximate surface area is 95.6 Å². The van der Waals surface area contributed by atoms with E-state index in [1.165, 1.54) is 7.11 Å². The van der Waals surface area contributed by atoms with Crippen molar-refractivity contribution in [2.75, 3.05) is 7.11 Å². The third kappa shape index (κ3) is 2.21. The fraction of sp³-hybridized carbons (Fsp3) is 0.556. The number of hydrogen-bond acceptors (Lipinski definition) is 4. The maximum Gasteiger partial charge on any atom is 0.269 e. The Morgan fingerprint density at radius 3 is 2.67 bits per heavy atom. The van der Waals surface area contributed by atoms with Gasteiger partial charge >= 0.3 is 0 Å². The number of hydrogen-bond donors (Lipinski definition) is 2. The molecular formula is C9H13BrN2O3. The SMILES string of the molecule is CCC(C)(OC)c1nc(O)c(Br)c(=O)[nH]1. The summed E-state index contributed by atoms with van der Waals surface area (Å²) in [5.74, 6) is -0.0105. The molecule has 1 heterocycles. The predicted molar refractivity (Wildman–Crippen MR) is 58.9 cm³/mol. The summed E-state index contributed by atoms with van der Waals surface area (Å²) >= 11 is 2.93. The zero-order valence-electron chi connectivity index (χ0n) is 8.80. The molecule has 0 amide bonds. The Balaban J connectivity index is 3.33. The van der Waals surface area contributed by atoms with E-state index >= 15 is 0 Å². The molecule has 0 spiro atoms. The number of halogens is 1. The van der Waals surface area contributed by atoms with Gasteiger partial charge in [0.05, 0.1) is 0 Å². The molecule has 1 aromatic rings. The normalized spacial score (nSPS) is 14.9. The quantitative estimate of drug-likeness (QED) is 0.878. The Kier molecular flexibility index (Phi) is 3.51. The maximum absolute atomic E-state index is 11.4. The van der Waals surface area contributed by atoms with Crippen LogP contribution in [0.3, 0.4) is 0 Å². The van der Waals surface area contributed by atoms with E-state index in [4.69, 9.17) is 4.74 Å². The first kappa shape index (κ1) is 12.2. The summed E-state index contributed by atoms with van der Waals surface area (Å²) in [6.07, 6.45) is 0.632. The molecule has 1 rings (SSSR count). The molecule has 1 unspecified atom stereocenters. The zero-order chi connectivity index (χ0) is 11.6. The molecule has 84 valence electrons. The lowest BCUT2D eigenvalue weighted by Crippen LogP contribution is -2.29. The van der Waals surface area contributed by atoms with Gasteiger partial charge < -0.3 is 14.8 Å². The molecule has 2 N–H and O–H groups in total. The maximum atomic E-state index is 11.4. The van der Waals surface area contributed by atoms with Gasteiger partial charge in [-0.25, -0.2) is 0 Å². The average Bonchev–Trinajstić information content (AvgIpc) is 2.24. The highest BCUT2D eigenvalue weighted by Crippen LogP contribution is 2.26. The molecule has 0 radical (unpaired) electrons. The van der Waals surface area contributed by atoms with Gasteiger partial charge in [0.25, 0.3) is 5.56 Å². The van der Waals surface area contributed by atoms with Crippen LogP contribution in [0.25, 0.3) is 0 Å². The van der Waals surface area contributed by atoms with Crippen molar-refractivity contribution in [3.8, 4) is 5.88 Å². The Hall–Kier alpha value is -0.880. The van der Waals surface area contributed by atoms with Gasteiger partial charge in [-0.1, -0.05) is 6.92 Å². The van der Waals surface area contributed by atoms with Gasteiger partial charge in [-0.2, -0.15) is 4.98 Å². The van der Waals surface area contributed by atoms with Crippen LogP contribution in [0, 0.1) is 0 Å². The lowest BCUT2D eigenvalue weighted by atomic mass is 10.0. The molecule has 0 saturated heterocycles. The molecule has 0 aliphatic rings. The van der Waals surface area contributed by atoms with Crippen LogP contribution < -0.4 is 5.56 Å². The predicted octanol–water partition coefficient (Wildman–Crippen LogP) is 1.51. The average molecular weight is 277 g/mol. The third-order valence-corrected chi connectivity index (χ3v) is 3.19. The van der Waals surface area contributed by atoms with Gasteiger partial charge in [-0.05, 0) is 29.3 Å². The Bertz CT molecular complexity index is 412. The molecule has 1 atom stereocenters. The number of aromatic amines is 1. The minimum absolute atomic E-state index is 0.0285. The van der Waals surface area contributed by atoms with Crippen LogP contribution >= 0.6 is 15.9 Å². The van der Waals surface area contributed by atoms with E-state index in [1.54, 1.807) is 6.92 Å². The number of nitrogens with one attached hydrogen (secondary N) is 1. The molecule has 1 aromatic heterocycles. The van der Waals surface area contributed by atoms with E-state index < -0.39 is 11.2 Å². The van der Waals surface area contributed by atoms with Crippen molar-refractivity contribution in [2.24, 2.45) is 0 Å². The molecule has 0 aliphatic carbocycles. The monoisotopic (exact) mass is 276 g/mol. The van der Waals surface area contributed by atoms with Crippen molar-refractivity contribution in [1.82, 2.24) is 9.97 Å². The fourth-order valence-corrected chi connectivity index (χ4v) is 1.29. The summed E-state index contributed by atoms with van der Waals surface area (Å²) in [7, 11) is 1.53. The first-order chi connectivity index (χ1) is 6.94. The van der Waals surface area contributed by atoms with Crippen LogP contribution in [0.2, 0.25) is 0 Å². The highest BCUT2D eigenvalue weighted by atomic mass is 79.9. The number of aromatic nitrogens is 2. The Morgan fingerprint density at radius 2 is 2.27 bits per heavy atom. The van der Waals surface area contributed by atoms with Crippen molar-refractivity contribution >= 4 is 15.9 Å². The molecule has 0 aliphatic heterocycles. The highest BCUT2D eigenvalue weighted by molar-refractivity contribution is 9.10. The molecule has 15 heavy (non-hydrogen) atoms. The Morgan fingerprint density at radius 1 is 1.67 bits per heavy atom. The summed E-state index contributed by atoms with van der Waals surface area (Å²) in [4.78, 5) is 17.8. The molecule has 6 heteroatoms. The van der Waals surface area contributed by atoms with Crippen LogP contribution in [0.5, 0.6) is 5.88 Å². The first-order valence-corrected chi connectivity index (χ1v) is 5.28. The summed E-state index contributed by atoms with van der Waals surface area (Å²) in [5.41, 5.74) is -1.12. The molecule has 0 aromatic carbocycles. The first-order valence-electron chi connectivity index (χ1n) is 4.49. The number of rotatable bonds is 3. The van der Waals surface area contributed by atoms with Gasteiger partial charge in [0.1, 0.15) is 15.9 Å². The largest absolute Gasteiger partial charge is 0.492 e. The molecular weight excluding hydrogens is 264 g/mol. The van der Waals surface area contributed by atoms with Crippen LogP contribution in [-0.4, -0.2) is 22.2 Å². The fourth-order valence-electron chi connectivity index (χ4n) is 1.11. The van der Waals surface area contributed by atoms with Crippen molar-refractivity contribution in [3.05, 3.63) is 20.7 Å². The lowest BCUT2D eigenvalue weighted by molar-refractivity contribution is -0.00965. The van der Waals surface area contributed by atoms with Crippen molar-refractivity contribution < 1.29 is 9.84 Å². The van der Waals surface area contributed by atoms with E-state index in [0.717, 1.165) is 0 Å². The molecule has 5 nitrogen and oxygen atoms in total. The van der Waals surface area contributed by atoms with E-state index in [0.29, 0.717) is 12.2 Å². The minimum Gasteiger partial charge on any atom is -0.492 e. The van der Waals surface area contributed by atoms with Crippen molar-refractivity contribution in [3.63, 3.8) is 0 Å². The number of nitrogens with zero attached hydrogens (tertiary/aromatic N) is 1. The van der Waals surface area contributed by atoms with Crippen LogP contribution in [-0.2, 0) is 10.3 Å². The molecule has 0 saturated carbocycles. The van der Waals surface area contributed by atoms with E-state index in [1.807, 2.05) is 6.92 Å². The van der Waals surface area contributed by atoms with Crippen molar-refractivity contribution in [1.29, 1.82) is 0 Å². The second kappa shape index (κ2) is 4.32. The summed E-state index contributed by atoms with van der Waals surface area (Å²) in [6.45, 7) is 3.70. The third-order valence-electron chi connectivity index (χ3n) is 2.47. The number of aromatic hydroxyl groups is 1. The van der Waals surface area contributed by atoms with Crippen LogP contribution in [0.4, 0.5) is 0 Å². The minimum atomic E-state index is -0.697. The molecule has 0 bridgehead atoms. The van der Waals surface area contributed by atoms with E-state index in [2.05, 4.69) is 25.9 Å². The van der Waals surface area contributed by atoms with E-state index in [-0.39, 0.29) is 10.4 Å². The van der Waals surface area contributed by atoms with E-state index in [9.17, 15) is 9.90 Å². The lowest BCUT2D eigenvalue weighted by Gasteiger charge is -2.25. The highest BCUT2D eigenvalue weighted by Gasteiger charge is 2.28. The van der Waals surface area contributed by atoms with Gasteiger partial charge in [-0.3, -0.25) is 4.79 Å². The summed E-state index contributed by atoms with van der Waals surface area (Å²) in [6, 6.07) is 0. The number of methoxy groups -OCH3 is 1. The number of ether oxygens (including phenoxy) is 1. The summed E-state index contributed by atoms with van der Waals surface area (Å²) in [5, 5.41) is 9.40. The standard InChI is InChI=1S/C9H13BrN2O3/c1-4-9(2,15-3)8-11-6(13)5(10)7(14)12-8/h4H2,1-3H3,(H2,11,12,13,14). The smallest absolute Gasteiger partial charge is 0.269 e.